The van der Waals surface area contributed by atoms with Gasteiger partial charge in [0.15, 0.2) is 12.4 Å². The van der Waals surface area contributed by atoms with Crippen LogP contribution in [0, 0.1) is 0 Å². The molecule has 0 bridgehead atoms. The first kappa shape index (κ1) is 34.1. The zero-order valence-corrected chi connectivity index (χ0v) is 25.6. The predicted molar refractivity (Wildman–Crippen MR) is 159 cm³/mol. The fraction of sp³-hybridized carbons (Fsp3) is 0.429. The van der Waals surface area contributed by atoms with Crippen LogP contribution in [-0.2, 0) is 16.4 Å². The smallest absolute Gasteiger partial charge is 0.433 e. The van der Waals surface area contributed by atoms with E-state index in [-0.39, 0.29) is 41.3 Å². The van der Waals surface area contributed by atoms with Crippen LogP contribution in [-0.4, -0.2) is 89.3 Å². The maximum Gasteiger partial charge on any atom is 0.433 e. The average Bonchev–Trinajstić information content (AvgIpc) is 3.24. The maximum absolute atomic E-state index is 13.4. The Morgan fingerprint density at radius 1 is 1.07 bits per heavy atom. The molecule has 0 spiro atoms. The Hall–Kier alpha value is -4.74. The minimum Gasteiger partial charge on any atom is -0.466 e. The number of nitrogens with zero attached hydrogens (tertiary/aromatic N) is 8. The van der Waals surface area contributed by atoms with Crippen molar-refractivity contribution in [2.45, 2.75) is 31.6 Å². The van der Waals surface area contributed by atoms with Gasteiger partial charge in [-0.3, -0.25) is 4.79 Å². The van der Waals surface area contributed by atoms with E-state index in [2.05, 4.69) is 42.1 Å². The molecule has 0 saturated heterocycles. The standard InChI is InChI=1S/C28H32F6N10O2/c1-7-20(45)37-16-12-17(23(46-14-27(29,30)31)40-22(16)43(6)11-10-42(4)5)38-24-35-15-36-25(41-24)44-13-26(2,3)21-18(44)8-9-19(39-21)28(32,33)34/h7-9,12,15H,1,10-11,13-14H2,2-6H3,(H,37,45)(H,35,36,38,41). The molecule has 4 rings (SSSR count). The van der Waals surface area contributed by atoms with Crippen molar-refractivity contribution in [3.8, 4) is 5.88 Å². The number of hydrogen-bond acceptors (Lipinski definition) is 11. The fourth-order valence-electron chi connectivity index (χ4n) is 4.52. The van der Waals surface area contributed by atoms with Gasteiger partial charge in [-0.2, -0.15) is 36.3 Å². The van der Waals surface area contributed by atoms with E-state index in [0.717, 1.165) is 18.5 Å². The molecule has 1 aliphatic rings. The number of rotatable bonds is 11. The minimum absolute atomic E-state index is 0.0387. The lowest BCUT2D eigenvalue weighted by Gasteiger charge is -2.25. The van der Waals surface area contributed by atoms with Gasteiger partial charge in [-0.15, -0.1) is 0 Å². The van der Waals surface area contributed by atoms with E-state index in [1.807, 2.05) is 19.0 Å². The SMILES string of the molecule is C=CC(=O)Nc1cc(Nc2ncnc(N3CC(C)(C)c4nc(C(F)(F)F)ccc43)n2)c(OCC(F)(F)F)nc1N(C)CCN(C)C. The Balaban J connectivity index is 1.74. The van der Waals surface area contributed by atoms with E-state index in [4.69, 9.17) is 4.74 Å². The summed E-state index contributed by atoms with van der Waals surface area (Å²) in [4.78, 5) is 38.1. The number of aromatic nitrogens is 5. The normalized spacial score (nSPS) is 14.2. The molecule has 2 N–H and O–H groups in total. The largest absolute Gasteiger partial charge is 0.466 e. The summed E-state index contributed by atoms with van der Waals surface area (Å²) in [7, 11) is 5.33. The second-order valence-corrected chi connectivity index (χ2v) is 11.3. The first-order valence-electron chi connectivity index (χ1n) is 13.7. The molecule has 0 aliphatic carbocycles. The summed E-state index contributed by atoms with van der Waals surface area (Å²) >= 11 is 0. The molecule has 0 fully saturated rings. The Morgan fingerprint density at radius 3 is 2.41 bits per heavy atom. The predicted octanol–water partition coefficient (Wildman–Crippen LogP) is 4.92. The second kappa shape index (κ2) is 12.9. The molecule has 3 aromatic heterocycles. The summed E-state index contributed by atoms with van der Waals surface area (Å²) in [6.45, 7) is 6.35. The molecular formula is C28H32F6N10O2. The van der Waals surface area contributed by atoms with Crippen molar-refractivity contribution in [1.29, 1.82) is 0 Å². The summed E-state index contributed by atoms with van der Waals surface area (Å²) in [5.41, 5.74) is -1.29. The van der Waals surface area contributed by atoms with Gasteiger partial charge in [0.1, 0.15) is 17.7 Å². The summed E-state index contributed by atoms with van der Waals surface area (Å²) in [6, 6.07) is 3.46. The van der Waals surface area contributed by atoms with Gasteiger partial charge in [-0.1, -0.05) is 20.4 Å². The lowest BCUT2D eigenvalue weighted by atomic mass is 9.91. The number of ether oxygens (including phenoxy) is 1. The molecule has 4 heterocycles. The molecule has 0 unspecified atom stereocenters. The third-order valence-electron chi connectivity index (χ3n) is 6.72. The molecule has 18 heteroatoms. The zero-order valence-electron chi connectivity index (χ0n) is 25.6. The Bertz CT molecular complexity index is 1600. The van der Waals surface area contributed by atoms with E-state index in [9.17, 15) is 31.1 Å². The number of nitrogens with one attached hydrogen (secondary N) is 2. The number of carbonyl (C=O) groups is 1. The van der Waals surface area contributed by atoms with Gasteiger partial charge >= 0.3 is 12.4 Å². The highest BCUT2D eigenvalue weighted by Crippen LogP contribution is 2.44. The summed E-state index contributed by atoms with van der Waals surface area (Å²) in [5.74, 6) is -1.04. The lowest BCUT2D eigenvalue weighted by molar-refractivity contribution is -0.154. The maximum atomic E-state index is 13.4. The average molecular weight is 655 g/mol. The van der Waals surface area contributed by atoms with Crippen LogP contribution in [0.25, 0.3) is 0 Å². The Morgan fingerprint density at radius 2 is 1.78 bits per heavy atom. The van der Waals surface area contributed by atoms with Crippen LogP contribution >= 0.6 is 0 Å². The van der Waals surface area contributed by atoms with Crippen molar-refractivity contribution < 1.29 is 35.9 Å². The van der Waals surface area contributed by atoms with Crippen molar-refractivity contribution in [2.75, 3.05) is 67.8 Å². The van der Waals surface area contributed by atoms with Gasteiger partial charge in [-0.05, 0) is 38.4 Å². The number of alkyl halides is 6. The lowest BCUT2D eigenvalue weighted by Crippen LogP contribution is -2.30. The van der Waals surface area contributed by atoms with Crippen LogP contribution in [0.5, 0.6) is 5.88 Å². The van der Waals surface area contributed by atoms with Crippen molar-refractivity contribution in [1.82, 2.24) is 29.8 Å². The highest BCUT2D eigenvalue weighted by atomic mass is 19.4. The molecule has 0 saturated carbocycles. The van der Waals surface area contributed by atoms with Gasteiger partial charge < -0.3 is 30.1 Å². The summed E-state index contributed by atoms with van der Waals surface area (Å²) < 4.78 is 84.8. The molecule has 1 amide bonds. The number of likely N-dealkylation sites (N-methyl/N-ethyl adjacent to an activating group) is 2. The van der Waals surface area contributed by atoms with Crippen molar-refractivity contribution in [3.05, 3.63) is 48.6 Å². The first-order chi connectivity index (χ1) is 21.4. The van der Waals surface area contributed by atoms with Crippen molar-refractivity contribution in [3.63, 3.8) is 0 Å². The van der Waals surface area contributed by atoms with Gasteiger partial charge in [0.05, 0.1) is 17.1 Å². The van der Waals surface area contributed by atoms with Crippen molar-refractivity contribution >= 4 is 40.7 Å². The van der Waals surface area contributed by atoms with E-state index in [0.29, 0.717) is 18.8 Å². The molecule has 0 radical (unpaired) electrons. The third kappa shape index (κ3) is 8.09. The molecule has 46 heavy (non-hydrogen) atoms. The zero-order chi connectivity index (χ0) is 34.0. The molecular weight excluding hydrogens is 622 g/mol. The number of pyridine rings is 2. The molecule has 0 atom stereocenters. The molecule has 3 aromatic rings. The topological polar surface area (TPSA) is 125 Å². The van der Waals surface area contributed by atoms with Crippen LogP contribution in [0.1, 0.15) is 25.2 Å². The van der Waals surface area contributed by atoms with E-state index < -0.39 is 41.9 Å². The molecule has 1 aliphatic heterocycles. The van der Waals surface area contributed by atoms with Crippen LogP contribution in [0.3, 0.4) is 0 Å². The first-order valence-corrected chi connectivity index (χ1v) is 13.7. The molecule has 12 nitrogen and oxygen atoms in total. The van der Waals surface area contributed by atoms with Crippen LogP contribution in [0.4, 0.5) is 61.1 Å². The third-order valence-corrected chi connectivity index (χ3v) is 6.72. The number of amides is 1. The summed E-state index contributed by atoms with van der Waals surface area (Å²) in [6.07, 6.45) is -7.18. The van der Waals surface area contributed by atoms with Gasteiger partial charge in [0.2, 0.25) is 23.7 Å². The quantitative estimate of drug-likeness (QED) is 0.216. The van der Waals surface area contributed by atoms with Crippen LogP contribution in [0.2, 0.25) is 0 Å². The monoisotopic (exact) mass is 654 g/mol. The van der Waals surface area contributed by atoms with E-state index >= 15 is 0 Å². The van der Waals surface area contributed by atoms with Gasteiger partial charge in [-0.25, -0.2) is 15.0 Å². The van der Waals surface area contributed by atoms with Crippen molar-refractivity contribution in [2.24, 2.45) is 0 Å². The van der Waals surface area contributed by atoms with Gasteiger partial charge in [0.25, 0.3) is 0 Å². The highest BCUT2D eigenvalue weighted by Gasteiger charge is 2.42. The second-order valence-electron chi connectivity index (χ2n) is 11.3. The molecule has 0 aromatic carbocycles. The Labute approximate surface area is 260 Å². The number of hydrogen-bond donors (Lipinski definition) is 2. The minimum atomic E-state index is -4.69. The molecule has 248 valence electrons. The van der Waals surface area contributed by atoms with Gasteiger partial charge in [0, 0.05) is 32.1 Å². The fourth-order valence-corrected chi connectivity index (χ4v) is 4.52. The highest BCUT2D eigenvalue weighted by molar-refractivity contribution is 6.01. The number of halogens is 6. The number of anilines is 6. The number of carbonyl (C=O) groups excluding carboxylic acids is 1. The number of fused-ring (bicyclic) bond motifs is 1. The Kier molecular flexibility index (Phi) is 9.60. The van der Waals surface area contributed by atoms with E-state index in [1.54, 1.807) is 30.7 Å². The van der Waals surface area contributed by atoms with Crippen LogP contribution in [0.15, 0.2) is 37.2 Å². The van der Waals surface area contributed by atoms with Crippen LogP contribution < -0.4 is 25.2 Å². The van der Waals surface area contributed by atoms with E-state index in [1.165, 1.54) is 12.1 Å². The summed E-state index contributed by atoms with van der Waals surface area (Å²) in [5, 5.41) is 5.39.